The van der Waals surface area contributed by atoms with Crippen molar-refractivity contribution in [3.8, 4) is 0 Å². The van der Waals surface area contributed by atoms with Gasteiger partial charge in [-0.25, -0.2) is 4.79 Å². The lowest BCUT2D eigenvalue weighted by atomic mass is 9.87. The first-order valence-corrected chi connectivity index (χ1v) is 7.70. The molecule has 0 radical (unpaired) electrons. The summed E-state index contributed by atoms with van der Waals surface area (Å²) in [7, 11) is 0. The lowest BCUT2D eigenvalue weighted by Gasteiger charge is -2.19. The van der Waals surface area contributed by atoms with Crippen molar-refractivity contribution >= 4 is 11.7 Å². The van der Waals surface area contributed by atoms with Crippen molar-refractivity contribution in [3.05, 3.63) is 29.8 Å². The maximum Gasteiger partial charge on any atom is 0.319 e. The molecule has 1 aliphatic rings. The SMILES string of the molecule is CC(C)(C)c1ccc(NC(=O)NCCC(O)C2CC2)cc1. The maximum atomic E-state index is 11.8. The van der Waals surface area contributed by atoms with Gasteiger partial charge < -0.3 is 15.7 Å². The van der Waals surface area contributed by atoms with Crippen molar-refractivity contribution in [2.45, 2.75) is 51.6 Å². The van der Waals surface area contributed by atoms with Gasteiger partial charge in [0.2, 0.25) is 0 Å². The van der Waals surface area contributed by atoms with Crippen molar-refractivity contribution in [2.75, 3.05) is 11.9 Å². The number of aliphatic hydroxyl groups excluding tert-OH is 1. The number of amides is 2. The molecule has 1 fully saturated rings. The van der Waals surface area contributed by atoms with Crippen LogP contribution in [0, 0.1) is 5.92 Å². The van der Waals surface area contributed by atoms with E-state index in [9.17, 15) is 9.90 Å². The van der Waals surface area contributed by atoms with Crippen LogP contribution in [0.5, 0.6) is 0 Å². The fourth-order valence-corrected chi connectivity index (χ4v) is 2.28. The van der Waals surface area contributed by atoms with E-state index in [0.29, 0.717) is 18.9 Å². The largest absolute Gasteiger partial charge is 0.393 e. The summed E-state index contributed by atoms with van der Waals surface area (Å²) in [5, 5.41) is 15.3. The Morgan fingerprint density at radius 1 is 1.29 bits per heavy atom. The number of urea groups is 1. The van der Waals surface area contributed by atoms with Crippen LogP contribution < -0.4 is 10.6 Å². The van der Waals surface area contributed by atoms with Gasteiger partial charge in [-0.15, -0.1) is 0 Å². The number of carbonyl (C=O) groups excluding carboxylic acids is 1. The molecule has 1 saturated carbocycles. The summed E-state index contributed by atoms with van der Waals surface area (Å²) in [5.74, 6) is 0.458. The highest BCUT2D eigenvalue weighted by Crippen LogP contribution is 2.33. The number of anilines is 1. The van der Waals surface area contributed by atoms with Crippen molar-refractivity contribution in [3.63, 3.8) is 0 Å². The van der Waals surface area contributed by atoms with Crippen LogP contribution in [-0.4, -0.2) is 23.8 Å². The molecule has 4 nitrogen and oxygen atoms in total. The number of hydrogen-bond donors (Lipinski definition) is 3. The average molecular weight is 290 g/mol. The summed E-state index contributed by atoms with van der Waals surface area (Å²) in [6.07, 6.45) is 2.60. The Kier molecular flexibility index (Phi) is 4.88. The zero-order chi connectivity index (χ0) is 15.5. The second-order valence-electron chi connectivity index (χ2n) is 6.90. The summed E-state index contributed by atoms with van der Waals surface area (Å²) >= 11 is 0. The molecule has 1 aliphatic carbocycles. The van der Waals surface area contributed by atoms with Gasteiger partial charge in [-0.3, -0.25) is 0 Å². The molecule has 1 aromatic rings. The summed E-state index contributed by atoms with van der Waals surface area (Å²) in [6, 6.07) is 7.68. The first kappa shape index (κ1) is 15.8. The molecule has 2 rings (SSSR count). The van der Waals surface area contributed by atoms with Gasteiger partial charge in [-0.05, 0) is 48.3 Å². The number of hydrogen-bond acceptors (Lipinski definition) is 2. The second kappa shape index (κ2) is 6.48. The Morgan fingerprint density at radius 3 is 2.43 bits per heavy atom. The van der Waals surface area contributed by atoms with Gasteiger partial charge in [0, 0.05) is 12.2 Å². The van der Waals surface area contributed by atoms with Crippen molar-refractivity contribution < 1.29 is 9.90 Å². The van der Waals surface area contributed by atoms with Crippen molar-refractivity contribution in [1.29, 1.82) is 0 Å². The molecule has 3 N–H and O–H groups in total. The zero-order valence-electron chi connectivity index (χ0n) is 13.1. The Bertz CT molecular complexity index is 473. The van der Waals surface area contributed by atoms with Crippen molar-refractivity contribution in [2.24, 2.45) is 5.92 Å². The van der Waals surface area contributed by atoms with E-state index in [4.69, 9.17) is 0 Å². The molecule has 1 atom stereocenters. The third-order valence-electron chi connectivity index (χ3n) is 3.90. The molecule has 0 aliphatic heterocycles. The molecular weight excluding hydrogens is 264 g/mol. The highest BCUT2D eigenvalue weighted by molar-refractivity contribution is 5.89. The molecule has 0 bridgehead atoms. The molecule has 116 valence electrons. The Labute approximate surface area is 126 Å². The van der Waals surface area contributed by atoms with Gasteiger partial charge in [0.05, 0.1) is 6.10 Å². The lowest BCUT2D eigenvalue weighted by Crippen LogP contribution is -2.31. The standard InChI is InChI=1S/C17H26N2O2/c1-17(2,3)13-6-8-14(9-7-13)19-16(21)18-11-10-15(20)12-4-5-12/h6-9,12,15,20H,4-5,10-11H2,1-3H3,(H2,18,19,21). The van der Waals surface area contributed by atoms with Gasteiger partial charge in [-0.2, -0.15) is 0 Å². The van der Waals surface area contributed by atoms with Crippen molar-refractivity contribution in [1.82, 2.24) is 5.32 Å². The first-order chi connectivity index (χ1) is 9.86. The predicted molar refractivity (Wildman–Crippen MR) is 85.5 cm³/mol. The van der Waals surface area contributed by atoms with E-state index < -0.39 is 0 Å². The Morgan fingerprint density at radius 2 is 1.90 bits per heavy atom. The summed E-state index contributed by atoms with van der Waals surface area (Å²) < 4.78 is 0. The minimum atomic E-state index is -0.267. The number of rotatable bonds is 5. The van der Waals surface area contributed by atoms with Gasteiger partial charge in [-0.1, -0.05) is 32.9 Å². The van der Waals surface area contributed by atoms with E-state index in [1.807, 2.05) is 24.3 Å². The molecule has 21 heavy (non-hydrogen) atoms. The minimum absolute atomic E-state index is 0.111. The quantitative estimate of drug-likeness (QED) is 0.779. The lowest BCUT2D eigenvalue weighted by molar-refractivity contribution is 0.142. The zero-order valence-corrected chi connectivity index (χ0v) is 13.1. The van der Waals surface area contributed by atoms with Gasteiger partial charge in [0.25, 0.3) is 0 Å². The normalized spacial score (nSPS) is 16.4. The summed E-state index contributed by atoms with van der Waals surface area (Å²) in [4.78, 5) is 11.8. The molecule has 0 spiro atoms. The van der Waals surface area contributed by atoms with Crippen LogP contribution in [0.3, 0.4) is 0 Å². The number of benzene rings is 1. The fourth-order valence-electron chi connectivity index (χ4n) is 2.28. The Hall–Kier alpha value is -1.55. The van der Waals surface area contributed by atoms with E-state index in [2.05, 4.69) is 31.4 Å². The van der Waals surface area contributed by atoms with Crippen LogP contribution in [0.1, 0.15) is 45.6 Å². The second-order valence-corrected chi connectivity index (χ2v) is 6.90. The molecule has 1 aromatic carbocycles. The molecule has 0 saturated heterocycles. The van der Waals surface area contributed by atoms with Crippen LogP contribution in [0.25, 0.3) is 0 Å². The van der Waals surface area contributed by atoms with Crippen LogP contribution in [0.2, 0.25) is 0 Å². The van der Waals surface area contributed by atoms with Crippen LogP contribution in [-0.2, 0) is 5.41 Å². The molecule has 0 heterocycles. The van der Waals surface area contributed by atoms with E-state index in [1.54, 1.807) is 0 Å². The molecular formula is C17H26N2O2. The summed E-state index contributed by atoms with van der Waals surface area (Å²) in [6.45, 7) is 6.98. The van der Waals surface area contributed by atoms with E-state index in [1.165, 1.54) is 5.56 Å². The summed E-state index contributed by atoms with van der Waals surface area (Å²) in [5.41, 5.74) is 2.13. The molecule has 1 unspecified atom stereocenters. The van der Waals surface area contributed by atoms with Crippen LogP contribution in [0.15, 0.2) is 24.3 Å². The number of aliphatic hydroxyl groups is 1. The van der Waals surface area contributed by atoms with Gasteiger partial charge in [0.15, 0.2) is 0 Å². The third-order valence-corrected chi connectivity index (χ3v) is 3.90. The predicted octanol–water partition coefficient (Wildman–Crippen LogP) is 3.27. The first-order valence-electron chi connectivity index (χ1n) is 7.70. The van der Waals surface area contributed by atoms with Gasteiger partial charge >= 0.3 is 6.03 Å². The van der Waals surface area contributed by atoms with Crippen LogP contribution in [0.4, 0.5) is 10.5 Å². The minimum Gasteiger partial charge on any atom is -0.393 e. The molecule has 2 amide bonds. The molecule has 4 heteroatoms. The molecule has 0 aromatic heterocycles. The van der Waals surface area contributed by atoms with Crippen LogP contribution >= 0.6 is 0 Å². The van der Waals surface area contributed by atoms with E-state index in [-0.39, 0.29) is 17.6 Å². The van der Waals surface area contributed by atoms with E-state index in [0.717, 1.165) is 18.5 Å². The third kappa shape index (κ3) is 5.05. The monoisotopic (exact) mass is 290 g/mol. The topological polar surface area (TPSA) is 61.4 Å². The average Bonchev–Trinajstić information content (AvgIpc) is 3.22. The number of nitrogens with one attached hydrogen (secondary N) is 2. The maximum absolute atomic E-state index is 11.8. The highest BCUT2D eigenvalue weighted by Gasteiger charge is 2.29. The fraction of sp³-hybridized carbons (Fsp3) is 0.588. The smallest absolute Gasteiger partial charge is 0.319 e. The Balaban J connectivity index is 1.74. The van der Waals surface area contributed by atoms with Gasteiger partial charge in [0.1, 0.15) is 0 Å². The highest BCUT2D eigenvalue weighted by atomic mass is 16.3. The number of carbonyl (C=O) groups is 1. The van der Waals surface area contributed by atoms with E-state index >= 15 is 0 Å².